The van der Waals surface area contributed by atoms with E-state index < -0.39 is 40.6 Å². The van der Waals surface area contributed by atoms with E-state index in [9.17, 15) is 38.0 Å². The van der Waals surface area contributed by atoms with E-state index in [1.165, 1.54) is 66.0 Å². The molecule has 182 valence electrons. The minimum Gasteiger partial charge on any atom is -0.459 e. The van der Waals surface area contributed by atoms with Crippen molar-refractivity contribution in [3.8, 4) is 11.3 Å². The van der Waals surface area contributed by atoms with Gasteiger partial charge in [0.05, 0.1) is 10.5 Å². The molecule has 1 aliphatic heterocycles. The van der Waals surface area contributed by atoms with Crippen molar-refractivity contribution in [2.75, 3.05) is 0 Å². The van der Waals surface area contributed by atoms with Gasteiger partial charge in [0.2, 0.25) is 5.72 Å². The number of carbonyl (C=O) groups excluding carboxylic acids is 2. The fourth-order valence-corrected chi connectivity index (χ4v) is 4.00. The van der Waals surface area contributed by atoms with E-state index in [1.807, 2.05) is 0 Å². The molecule has 0 bridgehead atoms. The van der Waals surface area contributed by atoms with Gasteiger partial charge in [-0.15, -0.1) is 0 Å². The largest absolute Gasteiger partial charge is 0.459 e. The number of rotatable bonds is 5. The molecule has 1 fully saturated rings. The number of nitrogens with one attached hydrogen (secondary N) is 2. The molecule has 3 aromatic rings. The molecule has 0 unspecified atom stereocenters. The Balaban J connectivity index is 1.83. The lowest BCUT2D eigenvalue weighted by Crippen LogP contribution is -2.72. The Morgan fingerprint density at radius 3 is 2.40 bits per heavy atom. The van der Waals surface area contributed by atoms with E-state index in [0.29, 0.717) is 0 Å². The average Bonchev–Trinajstić information content (AvgIpc) is 3.28. The van der Waals surface area contributed by atoms with Crippen LogP contribution in [0, 0.1) is 16.0 Å². The van der Waals surface area contributed by atoms with Crippen molar-refractivity contribution in [1.82, 2.24) is 10.6 Å². The van der Waals surface area contributed by atoms with Crippen molar-refractivity contribution in [1.29, 1.82) is 0 Å². The van der Waals surface area contributed by atoms with Crippen molar-refractivity contribution in [3.63, 3.8) is 0 Å². The molecule has 0 aliphatic carbocycles. The monoisotopic (exact) mass is 509 g/mol. The van der Waals surface area contributed by atoms with Gasteiger partial charge in [0.1, 0.15) is 23.5 Å². The Labute approximate surface area is 199 Å². The van der Waals surface area contributed by atoms with E-state index >= 15 is 0 Å². The minimum absolute atomic E-state index is 0.0238. The Morgan fingerprint density at radius 2 is 1.77 bits per heavy atom. The summed E-state index contributed by atoms with van der Waals surface area (Å²) in [5, 5.41) is 25.8. The molecule has 0 radical (unpaired) electrons. The van der Waals surface area contributed by atoms with Crippen molar-refractivity contribution in [2.24, 2.45) is 5.92 Å². The number of benzene rings is 2. The number of nitro groups is 1. The molecule has 3 N–H and O–H groups in total. The lowest BCUT2D eigenvalue weighted by atomic mass is 9.79. The SMILES string of the molecule is O=C1N[C@@H](c2ccc(-c3ccccc3[N+](=O)[O-])o2)[C@H](C(=O)c2ccc(Cl)cc2)[C@@](O)(C(F)(F)F)N1. The Bertz CT molecular complexity index is 1310. The number of nitrogens with zero attached hydrogens (tertiary/aromatic N) is 1. The van der Waals surface area contributed by atoms with Gasteiger partial charge < -0.3 is 20.2 Å². The summed E-state index contributed by atoms with van der Waals surface area (Å²) in [5.74, 6) is -3.91. The zero-order valence-electron chi connectivity index (χ0n) is 17.4. The van der Waals surface area contributed by atoms with Crippen molar-refractivity contribution in [3.05, 3.63) is 87.1 Å². The Hall–Kier alpha value is -3.90. The maximum atomic E-state index is 14.0. The van der Waals surface area contributed by atoms with E-state index in [0.717, 1.165) is 0 Å². The number of Topliss-reactive ketones (excluding diaryl/α,β-unsaturated/α-hetero) is 1. The second-order valence-corrected chi connectivity index (χ2v) is 8.10. The zero-order valence-corrected chi connectivity index (χ0v) is 18.1. The number of aliphatic hydroxyl groups is 1. The first-order chi connectivity index (χ1) is 16.4. The van der Waals surface area contributed by atoms with Gasteiger partial charge in [-0.2, -0.15) is 13.2 Å². The van der Waals surface area contributed by atoms with Gasteiger partial charge in [-0.1, -0.05) is 23.7 Å². The summed E-state index contributed by atoms with van der Waals surface area (Å²) < 4.78 is 47.6. The van der Waals surface area contributed by atoms with Crippen LogP contribution < -0.4 is 10.6 Å². The molecule has 2 amide bonds. The number of carbonyl (C=O) groups is 2. The fourth-order valence-electron chi connectivity index (χ4n) is 3.88. The molecule has 1 aliphatic rings. The third-order valence-electron chi connectivity index (χ3n) is 5.52. The number of amides is 2. The number of para-hydroxylation sites is 1. The van der Waals surface area contributed by atoms with Crippen molar-refractivity contribution >= 4 is 29.1 Å². The summed E-state index contributed by atoms with van der Waals surface area (Å²) in [4.78, 5) is 36.1. The molecule has 1 saturated heterocycles. The molecule has 4 rings (SSSR count). The number of hydrogen-bond donors (Lipinski definition) is 3. The second kappa shape index (κ2) is 8.71. The lowest BCUT2D eigenvalue weighted by molar-refractivity contribution is -0.384. The predicted molar refractivity (Wildman–Crippen MR) is 115 cm³/mol. The van der Waals surface area contributed by atoms with Crippen LogP contribution in [0.5, 0.6) is 0 Å². The number of halogens is 4. The molecule has 35 heavy (non-hydrogen) atoms. The first kappa shape index (κ1) is 24.2. The fraction of sp³-hybridized carbons (Fsp3) is 0.182. The lowest BCUT2D eigenvalue weighted by Gasteiger charge is -2.44. The van der Waals surface area contributed by atoms with Crippen LogP contribution in [0.1, 0.15) is 22.2 Å². The normalized spacial score (nSPS) is 22.3. The number of alkyl halides is 3. The van der Waals surface area contributed by atoms with E-state index in [2.05, 4.69) is 5.32 Å². The number of urea groups is 1. The predicted octanol–water partition coefficient (Wildman–Crippen LogP) is 4.61. The highest BCUT2D eigenvalue weighted by Gasteiger charge is 2.66. The second-order valence-electron chi connectivity index (χ2n) is 7.67. The topological polar surface area (TPSA) is 135 Å². The molecule has 2 heterocycles. The van der Waals surface area contributed by atoms with Crippen LogP contribution in [-0.2, 0) is 0 Å². The van der Waals surface area contributed by atoms with Crippen molar-refractivity contribution in [2.45, 2.75) is 17.9 Å². The molecule has 0 saturated carbocycles. The van der Waals surface area contributed by atoms with Crippen LogP contribution >= 0.6 is 11.6 Å². The Morgan fingerprint density at radius 1 is 1.11 bits per heavy atom. The van der Waals surface area contributed by atoms with Gasteiger partial charge in [0.15, 0.2) is 5.78 Å². The third kappa shape index (κ3) is 4.33. The maximum Gasteiger partial charge on any atom is 0.437 e. The number of furan rings is 1. The summed E-state index contributed by atoms with van der Waals surface area (Å²) in [5.41, 5.74) is -4.47. The summed E-state index contributed by atoms with van der Waals surface area (Å²) >= 11 is 5.80. The first-order valence-corrected chi connectivity index (χ1v) is 10.3. The summed E-state index contributed by atoms with van der Waals surface area (Å²) in [6.07, 6.45) is -5.45. The average molecular weight is 510 g/mol. The molecular formula is C22H15ClF3N3O6. The van der Waals surface area contributed by atoms with Gasteiger partial charge in [-0.05, 0) is 42.5 Å². The summed E-state index contributed by atoms with van der Waals surface area (Å²) in [6, 6.07) is 9.64. The molecule has 9 nitrogen and oxygen atoms in total. The van der Waals surface area contributed by atoms with Crippen LogP contribution in [0.4, 0.5) is 23.7 Å². The van der Waals surface area contributed by atoms with E-state index in [4.69, 9.17) is 16.0 Å². The van der Waals surface area contributed by atoms with Gasteiger partial charge in [0.25, 0.3) is 5.69 Å². The van der Waals surface area contributed by atoms with Crippen LogP contribution in [0.15, 0.2) is 65.1 Å². The molecule has 13 heteroatoms. The number of hydrogen-bond acceptors (Lipinski definition) is 6. The highest BCUT2D eigenvalue weighted by atomic mass is 35.5. The number of nitro benzene ring substituents is 1. The highest BCUT2D eigenvalue weighted by molar-refractivity contribution is 6.30. The van der Waals surface area contributed by atoms with Gasteiger partial charge >= 0.3 is 12.2 Å². The van der Waals surface area contributed by atoms with Crippen LogP contribution in [0.3, 0.4) is 0 Å². The maximum absolute atomic E-state index is 14.0. The van der Waals surface area contributed by atoms with Crippen molar-refractivity contribution < 1.29 is 37.2 Å². The standard InChI is InChI=1S/C22H15ClF3N3O6/c23-12-7-5-11(6-8-12)19(30)17-18(27-20(31)28-21(17,32)22(24,25)26)16-10-9-15(35-16)13-3-1-2-4-14(13)29(33)34/h1-10,17-18,32H,(H2,27,28,31)/t17-,18+,21-/m1/s1. The van der Waals surface area contributed by atoms with Crippen LogP contribution in [-0.4, -0.2) is 33.7 Å². The van der Waals surface area contributed by atoms with Gasteiger partial charge in [-0.3, -0.25) is 14.9 Å². The van der Waals surface area contributed by atoms with Crippen LogP contribution in [0.25, 0.3) is 11.3 Å². The Kier molecular flexibility index (Phi) is 6.03. The highest BCUT2D eigenvalue weighted by Crippen LogP contribution is 2.45. The quantitative estimate of drug-likeness (QED) is 0.261. The van der Waals surface area contributed by atoms with E-state index in [-0.39, 0.29) is 33.4 Å². The van der Waals surface area contributed by atoms with E-state index in [1.54, 1.807) is 0 Å². The molecule has 1 aromatic heterocycles. The third-order valence-corrected chi connectivity index (χ3v) is 5.77. The van der Waals surface area contributed by atoms with Gasteiger partial charge in [-0.25, -0.2) is 4.79 Å². The first-order valence-electron chi connectivity index (χ1n) is 9.93. The smallest absolute Gasteiger partial charge is 0.437 e. The molecular weight excluding hydrogens is 495 g/mol. The van der Waals surface area contributed by atoms with Gasteiger partial charge in [0, 0.05) is 16.7 Å². The summed E-state index contributed by atoms with van der Waals surface area (Å²) in [6.45, 7) is 0. The molecule has 3 atom stereocenters. The molecule has 0 spiro atoms. The van der Waals surface area contributed by atoms with Crippen LogP contribution in [0.2, 0.25) is 5.02 Å². The summed E-state index contributed by atoms with van der Waals surface area (Å²) in [7, 11) is 0. The number of ketones is 1. The molecule has 2 aromatic carbocycles. The zero-order chi connectivity index (χ0) is 25.5. The minimum atomic E-state index is -5.45.